The molecule has 1 spiro atoms. The maximum Gasteiger partial charge on any atom is 0.278 e. The standard InChI is InChI=1S/C26H28FN7O2/c1-4-33-23(35)17-14-28-24(30-16-5-6-18-15(13-16)9-12-29-26(18)10-11-26)32-22(17)34(33)20-8-7-19(27)21(31-20)25(2,3)36/h5-8,13-14,29,36H,4,9-12H2,1-3H3,(H,28,30,32). The summed E-state index contributed by atoms with van der Waals surface area (Å²) in [5.74, 6) is -0.00633. The number of aliphatic hydroxyl groups is 1. The van der Waals surface area contributed by atoms with Crippen molar-refractivity contribution in [1.29, 1.82) is 0 Å². The van der Waals surface area contributed by atoms with E-state index in [4.69, 9.17) is 0 Å². The first-order valence-corrected chi connectivity index (χ1v) is 12.2. The van der Waals surface area contributed by atoms with Gasteiger partial charge in [0.15, 0.2) is 11.5 Å². The van der Waals surface area contributed by atoms with E-state index in [1.807, 2.05) is 13.0 Å². The summed E-state index contributed by atoms with van der Waals surface area (Å²) in [7, 11) is 0. The minimum Gasteiger partial charge on any atom is -0.384 e. The molecule has 3 N–H and O–H groups in total. The van der Waals surface area contributed by atoms with E-state index in [-0.39, 0.29) is 22.6 Å². The van der Waals surface area contributed by atoms with Crippen LogP contribution >= 0.6 is 0 Å². The number of aromatic nitrogens is 5. The lowest BCUT2D eigenvalue weighted by Crippen LogP contribution is -2.36. The van der Waals surface area contributed by atoms with Crippen molar-refractivity contribution in [3.05, 3.63) is 69.5 Å². The van der Waals surface area contributed by atoms with Crippen LogP contribution in [0.4, 0.5) is 16.0 Å². The lowest BCUT2D eigenvalue weighted by molar-refractivity contribution is 0.0694. The highest BCUT2D eigenvalue weighted by Crippen LogP contribution is 2.48. The molecule has 186 valence electrons. The Bertz CT molecular complexity index is 1560. The van der Waals surface area contributed by atoms with Gasteiger partial charge in [0, 0.05) is 30.5 Å². The number of fused-ring (bicyclic) bond motifs is 3. The average Bonchev–Trinajstić information content (AvgIpc) is 3.55. The van der Waals surface area contributed by atoms with Crippen LogP contribution in [0.3, 0.4) is 0 Å². The minimum absolute atomic E-state index is 0.110. The third kappa shape index (κ3) is 3.59. The van der Waals surface area contributed by atoms with Crippen LogP contribution in [0.2, 0.25) is 0 Å². The van der Waals surface area contributed by atoms with E-state index in [1.165, 1.54) is 60.8 Å². The van der Waals surface area contributed by atoms with E-state index < -0.39 is 11.4 Å². The Morgan fingerprint density at radius 1 is 1.22 bits per heavy atom. The molecule has 0 atom stereocenters. The molecule has 36 heavy (non-hydrogen) atoms. The minimum atomic E-state index is -1.50. The van der Waals surface area contributed by atoms with Gasteiger partial charge in [-0.15, -0.1) is 0 Å². The van der Waals surface area contributed by atoms with Gasteiger partial charge in [0.05, 0.1) is 0 Å². The molecular weight excluding hydrogens is 461 g/mol. The topological polar surface area (TPSA) is 110 Å². The lowest BCUT2D eigenvalue weighted by Gasteiger charge is -2.27. The third-order valence-corrected chi connectivity index (χ3v) is 7.09. The van der Waals surface area contributed by atoms with Gasteiger partial charge in [0.2, 0.25) is 5.95 Å². The molecule has 10 heteroatoms. The van der Waals surface area contributed by atoms with E-state index in [9.17, 15) is 14.3 Å². The van der Waals surface area contributed by atoms with Crippen LogP contribution in [0.1, 0.15) is 50.4 Å². The molecule has 0 bridgehead atoms. The van der Waals surface area contributed by atoms with Crippen LogP contribution in [0.5, 0.6) is 0 Å². The van der Waals surface area contributed by atoms with Crippen molar-refractivity contribution in [3.63, 3.8) is 0 Å². The quantitative estimate of drug-likeness (QED) is 0.395. The monoisotopic (exact) mass is 489 g/mol. The number of benzene rings is 1. The molecular formula is C26H28FN7O2. The zero-order valence-electron chi connectivity index (χ0n) is 20.5. The van der Waals surface area contributed by atoms with Crippen molar-refractivity contribution in [2.75, 3.05) is 11.9 Å². The smallest absolute Gasteiger partial charge is 0.278 e. The molecule has 1 aliphatic carbocycles. The van der Waals surface area contributed by atoms with Gasteiger partial charge in [0.25, 0.3) is 5.56 Å². The van der Waals surface area contributed by atoms with Gasteiger partial charge in [-0.05, 0) is 75.4 Å². The Morgan fingerprint density at radius 2 is 2.03 bits per heavy atom. The summed E-state index contributed by atoms with van der Waals surface area (Å²) in [5.41, 5.74) is 2.19. The molecule has 0 radical (unpaired) electrons. The van der Waals surface area contributed by atoms with E-state index in [1.54, 1.807) is 4.68 Å². The fourth-order valence-corrected chi connectivity index (χ4v) is 5.16. The van der Waals surface area contributed by atoms with E-state index >= 15 is 0 Å². The van der Waals surface area contributed by atoms with Crippen molar-refractivity contribution in [2.24, 2.45) is 0 Å². The molecule has 2 aliphatic rings. The number of nitrogens with one attached hydrogen (secondary N) is 2. The van der Waals surface area contributed by atoms with Gasteiger partial charge in [-0.25, -0.2) is 23.7 Å². The lowest BCUT2D eigenvalue weighted by atomic mass is 9.92. The summed E-state index contributed by atoms with van der Waals surface area (Å²) in [6, 6.07) is 9.04. The Balaban J connectivity index is 1.43. The summed E-state index contributed by atoms with van der Waals surface area (Å²) >= 11 is 0. The maximum absolute atomic E-state index is 14.4. The van der Waals surface area contributed by atoms with Gasteiger partial charge < -0.3 is 15.7 Å². The fraction of sp³-hybridized carbons (Fsp3) is 0.385. The van der Waals surface area contributed by atoms with Gasteiger partial charge in [-0.1, -0.05) is 6.07 Å². The van der Waals surface area contributed by atoms with Gasteiger partial charge in [-0.2, -0.15) is 4.98 Å². The number of anilines is 2. The first kappa shape index (κ1) is 22.8. The second-order valence-electron chi connectivity index (χ2n) is 10.1. The number of hydrogen-bond acceptors (Lipinski definition) is 7. The molecule has 1 aromatic carbocycles. The van der Waals surface area contributed by atoms with Crippen molar-refractivity contribution in [3.8, 4) is 5.82 Å². The van der Waals surface area contributed by atoms with E-state index in [0.717, 1.165) is 18.7 Å². The average molecular weight is 490 g/mol. The largest absolute Gasteiger partial charge is 0.384 e. The molecule has 0 saturated heterocycles. The van der Waals surface area contributed by atoms with E-state index in [2.05, 4.69) is 37.7 Å². The third-order valence-electron chi connectivity index (χ3n) is 7.09. The second kappa shape index (κ2) is 7.94. The molecule has 1 fully saturated rings. The molecule has 0 amide bonds. The highest BCUT2D eigenvalue weighted by atomic mass is 19.1. The first-order chi connectivity index (χ1) is 17.2. The molecule has 4 heterocycles. The highest BCUT2D eigenvalue weighted by Gasteiger charge is 2.46. The van der Waals surface area contributed by atoms with Crippen molar-refractivity contribution >= 4 is 22.7 Å². The summed E-state index contributed by atoms with van der Waals surface area (Å²) < 4.78 is 17.4. The van der Waals surface area contributed by atoms with Gasteiger partial charge >= 0.3 is 0 Å². The van der Waals surface area contributed by atoms with Crippen molar-refractivity contribution < 1.29 is 9.50 Å². The summed E-state index contributed by atoms with van der Waals surface area (Å²) in [6.45, 7) is 6.07. The highest BCUT2D eigenvalue weighted by molar-refractivity contribution is 5.77. The zero-order valence-corrected chi connectivity index (χ0v) is 20.5. The molecule has 3 aromatic heterocycles. The fourth-order valence-electron chi connectivity index (χ4n) is 5.16. The molecule has 6 rings (SSSR count). The van der Waals surface area contributed by atoms with Crippen LogP contribution in [0.15, 0.2) is 41.3 Å². The second-order valence-corrected chi connectivity index (χ2v) is 10.1. The van der Waals surface area contributed by atoms with Gasteiger partial charge in [0.1, 0.15) is 22.5 Å². The molecule has 4 aromatic rings. The van der Waals surface area contributed by atoms with Gasteiger partial charge in [-0.3, -0.25) is 4.79 Å². The Morgan fingerprint density at radius 3 is 2.75 bits per heavy atom. The maximum atomic E-state index is 14.4. The van der Waals surface area contributed by atoms with Crippen LogP contribution in [-0.2, 0) is 24.1 Å². The Hall–Kier alpha value is -3.63. The Kier molecular flexibility index (Phi) is 5.03. The van der Waals surface area contributed by atoms with Crippen LogP contribution in [0.25, 0.3) is 16.9 Å². The molecule has 0 unspecified atom stereocenters. The zero-order chi connectivity index (χ0) is 25.2. The van der Waals surface area contributed by atoms with Crippen LogP contribution in [0, 0.1) is 5.82 Å². The predicted octanol–water partition coefficient (Wildman–Crippen LogP) is 3.24. The first-order valence-electron chi connectivity index (χ1n) is 12.2. The van der Waals surface area contributed by atoms with E-state index in [0.29, 0.717) is 23.5 Å². The summed E-state index contributed by atoms with van der Waals surface area (Å²) in [5, 5.41) is 17.6. The van der Waals surface area contributed by atoms with Crippen LogP contribution in [-0.4, -0.2) is 36.0 Å². The molecule has 1 saturated carbocycles. The number of halogens is 1. The number of nitrogens with zero attached hydrogens (tertiary/aromatic N) is 5. The summed E-state index contributed by atoms with van der Waals surface area (Å²) in [4.78, 5) is 26.5. The van der Waals surface area contributed by atoms with Crippen molar-refractivity contribution in [2.45, 2.75) is 57.7 Å². The Labute approximate surface area is 207 Å². The predicted molar refractivity (Wildman–Crippen MR) is 134 cm³/mol. The normalized spacial score (nSPS) is 16.4. The number of pyridine rings is 1. The molecule has 9 nitrogen and oxygen atoms in total. The SMILES string of the molecule is CCn1c(=O)c2cnc(Nc3ccc4c(c3)CCNC43CC3)nc2n1-c1ccc(F)c(C(C)(C)O)n1. The number of rotatable bonds is 5. The molecule has 1 aliphatic heterocycles. The number of hydrogen-bond donors (Lipinski definition) is 3. The summed E-state index contributed by atoms with van der Waals surface area (Å²) in [6.07, 6.45) is 4.80. The van der Waals surface area contributed by atoms with Crippen LogP contribution < -0.4 is 16.2 Å². The van der Waals surface area contributed by atoms with Crippen molar-refractivity contribution in [1.82, 2.24) is 29.6 Å².